The van der Waals surface area contributed by atoms with Gasteiger partial charge in [-0.2, -0.15) is 5.10 Å². The van der Waals surface area contributed by atoms with Crippen LogP contribution in [0.15, 0.2) is 55.0 Å². The van der Waals surface area contributed by atoms with Crippen LogP contribution in [0.1, 0.15) is 6.04 Å². The normalized spacial score (nSPS) is 14.2. The summed E-state index contributed by atoms with van der Waals surface area (Å²) < 4.78 is 12.5. The molecule has 1 aliphatic rings. The standard InChI is InChI=1S/C21H18N4O3/c1-27-19-8-17-15(7-18(19)26)21(23-12-22-17)16-9-25(14-10-28-11-14)24-20(16)13-5-3-2-4-6-13/h2-9,12,14,26H,10-11H2,1H3. The van der Waals surface area contributed by atoms with Gasteiger partial charge in [0.2, 0.25) is 0 Å². The number of nitrogens with zero attached hydrogens (tertiary/aromatic N) is 4. The van der Waals surface area contributed by atoms with Gasteiger partial charge in [-0.05, 0) is 6.07 Å². The minimum absolute atomic E-state index is 0.0482. The second-order valence-electron chi connectivity index (χ2n) is 6.69. The second kappa shape index (κ2) is 6.61. The van der Waals surface area contributed by atoms with Gasteiger partial charge in [-0.25, -0.2) is 9.97 Å². The molecule has 5 rings (SSSR count). The highest BCUT2D eigenvalue weighted by atomic mass is 16.5. The highest BCUT2D eigenvalue weighted by Crippen LogP contribution is 2.38. The van der Waals surface area contributed by atoms with Gasteiger partial charge < -0.3 is 14.6 Å². The smallest absolute Gasteiger partial charge is 0.162 e. The number of hydrogen-bond donors (Lipinski definition) is 1. The first-order chi connectivity index (χ1) is 13.7. The lowest BCUT2D eigenvalue weighted by atomic mass is 10.0. The molecule has 0 unspecified atom stereocenters. The molecule has 2 aromatic carbocycles. The van der Waals surface area contributed by atoms with Gasteiger partial charge in [0, 0.05) is 28.8 Å². The Bertz CT molecular complexity index is 1150. The number of fused-ring (bicyclic) bond motifs is 1. The van der Waals surface area contributed by atoms with Crippen LogP contribution in [0.3, 0.4) is 0 Å². The zero-order chi connectivity index (χ0) is 19.1. The van der Waals surface area contributed by atoms with Crippen LogP contribution >= 0.6 is 0 Å². The van der Waals surface area contributed by atoms with Crippen molar-refractivity contribution in [3.05, 3.63) is 55.0 Å². The van der Waals surface area contributed by atoms with Crippen LogP contribution in [-0.2, 0) is 4.74 Å². The Morgan fingerprint density at radius 1 is 1.11 bits per heavy atom. The van der Waals surface area contributed by atoms with E-state index in [0.29, 0.717) is 30.2 Å². The predicted octanol–water partition coefficient (Wildman–Crippen LogP) is 3.45. The van der Waals surface area contributed by atoms with Gasteiger partial charge in [0.05, 0.1) is 37.6 Å². The fourth-order valence-corrected chi connectivity index (χ4v) is 3.39. The van der Waals surface area contributed by atoms with E-state index in [0.717, 1.165) is 22.2 Å². The maximum Gasteiger partial charge on any atom is 0.162 e. The van der Waals surface area contributed by atoms with Gasteiger partial charge in [-0.3, -0.25) is 4.68 Å². The Labute approximate surface area is 161 Å². The maximum absolute atomic E-state index is 10.3. The first-order valence-electron chi connectivity index (χ1n) is 8.99. The minimum Gasteiger partial charge on any atom is -0.504 e. The molecule has 1 N–H and O–H groups in total. The molecule has 0 bridgehead atoms. The summed E-state index contributed by atoms with van der Waals surface area (Å²) in [5, 5.41) is 15.9. The molecule has 3 heterocycles. The first kappa shape index (κ1) is 16.7. The molecule has 1 saturated heterocycles. The SMILES string of the molecule is COc1cc2ncnc(-c3cn(C4COC4)nc3-c3ccccc3)c2cc1O. The van der Waals surface area contributed by atoms with Gasteiger partial charge in [0.15, 0.2) is 11.5 Å². The number of phenols is 1. The lowest BCUT2D eigenvalue weighted by Crippen LogP contribution is -2.30. The molecule has 7 nitrogen and oxygen atoms in total. The largest absolute Gasteiger partial charge is 0.504 e. The molecule has 7 heteroatoms. The lowest BCUT2D eigenvalue weighted by Gasteiger charge is -2.26. The van der Waals surface area contributed by atoms with Gasteiger partial charge in [0.25, 0.3) is 0 Å². The Morgan fingerprint density at radius 2 is 1.93 bits per heavy atom. The minimum atomic E-state index is 0.0482. The van der Waals surface area contributed by atoms with Gasteiger partial charge in [0.1, 0.15) is 12.0 Å². The summed E-state index contributed by atoms with van der Waals surface area (Å²) in [7, 11) is 1.52. The van der Waals surface area contributed by atoms with Crippen LogP contribution in [-0.4, -0.2) is 45.2 Å². The van der Waals surface area contributed by atoms with Crippen molar-refractivity contribution in [3.8, 4) is 34.0 Å². The molecule has 0 spiro atoms. The van der Waals surface area contributed by atoms with Crippen LogP contribution in [0.4, 0.5) is 0 Å². The summed E-state index contributed by atoms with van der Waals surface area (Å²) in [6.07, 6.45) is 3.52. The lowest BCUT2D eigenvalue weighted by molar-refractivity contribution is -0.0285. The summed E-state index contributed by atoms with van der Waals surface area (Å²) >= 11 is 0. The van der Waals surface area contributed by atoms with Crippen molar-refractivity contribution in [2.24, 2.45) is 0 Å². The number of methoxy groups -OCH3 is 1. The third kappa shape index (κ3) is 2.68. The van der Waals surface area contributed by atoms with Gasteiger partial charge in [-0.1, -0.05) is 30.3 Å². The van der Waals surface area contributed by atoms with Crippen molar-refractivity contribution in [3.63, 3.8) is 0 Å². The van der Waals surface area contributed by atoms with E-state index >= 15 is 0 Å². The fourth-order valence-electron chi connectivity index (χ4n) is 3.39. The number of aromatic nitrogens is 4. The molecule has 0 aliphatic carbocycles. The molecule has 1 aliphatic heterocycles. The molecule has 0 saturated carbocycles. The first-order valence-corrected chi connectivity index (χ1v) is 8.99. The van der Waals surface area contributed by atoms with E-state index in [9.17, 15) is 5.11 Å². The second-order valence-corrected chi connectivity index (χ2v) is 6.69. The molecule has 0 radical (unpaired) electrons. The van der Waals surface area contributed by atoms with E-state index in [4.69, 9.17) is 14.6 Å². The Hall–Kier alpha value is -3.45. The highest BCUT2D eigenvalue weighted by molar-refractivity contribution is 5.97. The summed E-state index contributed by atoms with van der Waals surface area (Å²) in [5.41, 5.74) is 4.13. The van der Waals surface area contributed by atoms with E-state index in [1.54, 1.807) is 12.1 Å². The van der Waals surface area contributed by atoms with E-state index in [1.165, 1.54) is 13.4 Å². The van der Waals surface area contributed by atoms with Crippen molar-refractivity contribution in [2.45, 2.75) is 6.04 Å². The Morgan fingerprint density at radius 3 is 2.64 bits per heavy atom. The molecular weight excluding hydrogens is 356 g/mol. The predicted molar refractivity (Wildman–Crippen MR) is 104 cm³/mol. The van der Waals surface area contributed by atoms with E-state index < -0.39 is 0 Å². The van der Waals surface area contributed by atoms with E-state index in [1.807, 2.05) is 41.2 Å². The Kier molecular flexibility index (Phi) is 3.95. The van der Waals surface area contributed by atoms with E-state index in [-0.39, 0.29) is 11.8 Å². The average Bonchev–Trinajstić information content (AvgIpc) is 3.10. The summed E-state index contributed by atoms with van der Waals surface area (Å²) in [4.78, 5) is 8.87. The van der Waals surface area contributed by atoms with E-state index in [2.05, 4.69) is 9.97 Å². The van der Waals surface area contributed by atoms with Crippen molar-refractivity contribution in [1.82, 2.24) is 19.7 Å². The zero-order valence-corrected chi connectivity index (χ0v) is 15.2. The maximum atomic E-state index is 10.3. The topological polar surface area (TPSA) is 82.3 Å². The van der Waals surface area contributed by atoms with Crippen LogP contribution in [0.5, 0.6) is 11.5 Å². The summed E-state index contributed by atoms with van der Waals surface area (Å²) in [6.45, 7) is 1.30. The molecule has 1 fully saturated rings. The molecular formula is C21H18N4O3. The molecule has 4 aromatic rings. The van der Waals surface area contributed by atoms with Crippen molar-refractivity contribution < 1.29 is 14.6 Å². The van der Waals surface area contributed by atoms with Crippen molar-refractivity contribution in [1.29, 1.82) is 0 Å². The molecule has 0 atom stereocenters. The number of phenolic OH excluding ortho intramolecular Hbond substituents is 1. The quantitative estimate of drug-likeness (QED) is 0.589. The monoisotopic (exact) mass is 374 g/mol. The fraction of sp³-hybridized carbons (Fsp3) is 0.190. The summed E-state index contributed by atoms with van der Waals surface area (Å²) in [5.74, 6) is 0.426. The zero-order valence-electron chi connectivity index (χ0n) is 15.2. The number of ether oxygens (including phenoxy) is 2. The van der Waals surface area contributed by atoms with Crippen LogP contribution < -0.4 is 4.74 Å². The van der Waals surface area contributed by atoms with Gasteiger partial charge >= 0.3 is 0 Å². The van der Waals surface area contributed by atoms with Crippen LogP contribution in [0.25, 0.3) is 33.4 Å². The Balaban J connectivity index is 1.74. The van der Waals surface area contributed by atoms with Gasteiger partial charge in [-0.15, -0.1) is 0 Å². The van der Waals surface area contributed by atoms with Crippen LogP contribution in [0.2, 0.25) is 0 Å². The summed E-state index contributed by atoms with van der Waals surface area (Å²) in [6, 6.07) is 13.6. The average molecular weight is 374 g/mol. The third-order valence-corrected chi connectivity index (χ3v) is 4.96. The highest BCUT2D eigenvalue weighted by Gasteiger charge is 2.25. The van der Waals surface area contributed by atoms with Crippen LogP contribution in [0, 0.1) is 0 Å². The number of hydrogen-bond acceptors (Lipinski definition) is 6. The third-order valence-electron chi connectivity index (χ3n) is 4.96. The number of rotatable bonds is 4. The molecule has 0 amide bonds. The number of aromatic hydroxyl groups is 1. The number of benzene rings is 2. The molecule has 28 heavy (non-hydrogen) atoms. The van der Waals surface area contributed by atoms with Crippen molar-refractivity contribution >= 4 is 10.9 Å². The molecule has 2 aromatic heterocycles. The molecule has 140 valence electrons. The van der Waals surface area contributed by atoms with Crippen molar-refractivity contribution in [2.75, 3.05) is 20.3 Å².